The number of rotatable bonds is 3. The fourth-order valence-electron chi connectivity index (χ4n) is 4.04. The number of hydrogen-bond acceptors (Lipinski definition) is 3. The molecular weight excluding hydrogens is 350 g/mol. The van der Waals surface area contributed by atoms with E-state index in [-0.39, 0.29) is 29.8 Å². The molecule has 2 atom stereocenters. The Morgan fingerprint density at radius 2 is 1.33 bits per heavy atom. The summed E-state index contributed by atoms with van der Waals surface area (Å²) >= 11 is 0. The Bertz CT molecular complexity index is 795. The van der Waals surface area contributed by atoms with Gasteiger partial charge in [-0.1, -0.05) is 24.3 Å². The molecule has 2 fully saturated rings. The van der Waals surface area contributed by atoms with Crippen molar-refractivity contribution in [2.45, 2.75) is 37.8 Å². The maximum atomic E-state index is 13.2. The van der Waals surface area contributed by atoms with Crippen molar-refractivity contribution in [3.05, 3.63) is 71.3 Å². The van der Waals surface area contributed by atoms with Crippen LogP contribution in [0, 0.1) is 11.6 Å². The topological polar surface area (TPSA) is 32.8 Å². The second-order valence-corrected chi connectivity index (χ2v) is 7.11. The molecule has 0 aliphatic carbocycles. The van der Waals surface area contributed by atoms with E-state index in [1.807, 2.05) is 0 Å². The SMILES string of the molecule is O=C(ON1CCCC1c1ccc(F)cc1)N1CCCC1c1ccc(F)cc1. The highest BCUT2D eigenvalue weighted by atomic mass is 19.1. The van der Waals surface area contributed by atoms with Gasteiger partial charge in [0.2, 0.25) is 0 Å². The molecule has 2 aliphatic heterocycles. The van der Waals surface area contributed by atoms with Crippen LogP contribution in [0.2, 0.25) is 0 Å². The first-order chi connectivity index (χ1) is 13.1. The lowest BCUT2D eigenvalue weighted by Crippen LogP contribution is -2.37. The Kier molecular flexibility index (Phi) is 5.07. The minimum atomic E-state index is -0.379. The molecule has 27 heavy (non-hydrogen) atoms. The van der Waals surface area contributed by atoms with E-state index in [2.05, 4.69) is 0 Å². The van der Waals surface area contributed by atoms with Gasteiger partial charge in [0.1, 0.15) is 11.6 Å². The number of nitrogens with zero attached hydrogens (tertiary/aromatic N) is 2. The van der Waals surface area contributed by atoms with Crippen LogP contribution in [-0.4, -0.2) is 29.1 Å². The summed E-state index contributed by atoms with van der Waals surface area (Å²) in [6.45, 7) is 1.28. The van der Waals surface area contributed by atoms with Crippen LogP contribution in [0.3, 0.4) is 0 Å². The zero-order chi connectivity index (χ0) is 18.8. The summed E-state index contributed by atoms with van der Waals surface area (Å²) in [6.07, 6.45) is 3.12. The van der Waals surface area contributed by atoms with Gasteiger partial charge in [-0.15, -0.1) is 5.06 Å². The average Bonchev–Trinajstić information content (AvgIpc) is 3.33. The van der Waals surface area contributed by atoms with E-state index in [0.29, 0.717) is 13.1 Å². The Balaban J connectivity index is 1.46. The van der Waals surface area contributed by atoms with Crippen LogP contribution in [0.1, 0.15) is 48.9 Å². The zero-order valence-corrected chi connectivity index (χ0v) is 15.0. The van der Waals surface area contributed by atoms with E-state index in [4.69, 9.17) is 4.84 Å². The molecule has 0 radical (unpaired) electrons. The third-order valence-corrected chi connectivity index (χ3v) is 5.40. The molecule has 0 bridgehead atoms. The predicted octanol–water partition coefficient (Wildman–Crippen LogP) is 4.99. The van der Waals surface area contributed by atoms with Gasteiger partial charge in [0.25, 0.3) is 0 Å². The smallest absolute Gasteiger partial charge is 0.350 e. The highest BCUT2D eigenvalue weighted by molar-refractivity contribution is 5.68. The molecule has 2 aromatic rings. The standard InChI is InChI=1S/C21H22F2N2O2/c22-17-9-5-15(6-10-17)19-3-1-13-24(19)21(26)27-25-14-2-4-20(25)16-7-11-18(23)12-8-16/h5-12,19-20H,1-4,13-14H2. The summed E-state index contributed by atoms with van der Waals surface area (Å²) in [6, 6.07) is 12.5. The van der Waals surface area contributed by atoms with E-state index in [1.54, 1.807) is 34.2 Å². The zero-order valence-electron chi connectivity index (χ0n) is 15.0. The molecule has 2 aromatic carbocycles. The average molecular weight is 372 g/mol. The Hall–Kier alpha value is -2.47. The Morgan fingerprint density at radius 3 is 1.96 bits per heavy atom. The molecule has 142 valence electrons. The lowest BCUT2D eigenvalue weighted by atomic mass is 10.0. The van der Waals surface area contributed by atoms with Crippen LogP contribution in [0.5, 0.6) is 0 Å². The number of carbonyl (C=O) groups is 1. The molecule has 1 amide bonds. The molecule has 6 heteroatoms. The number of hydrogen-bond donors (Lipinski definition) is 0. The van der Waals surface area contributed by atoms with Gasteiger partial charge in [-0.3, -0.25) is 4.90 Å². The molecule has 4 nitrogen and oxygen atoms in total. The van der Waals surface area contributed by atoms with Crippen LogP contribution in [0.15, 0.2) is 48.5 Å². The second kappa shape index (κ2) is 7.64. The van der Waals surface area contributed by atoms with Crippen molar-refractivity contribution < 1.29 is 18.4 Å². The first-order valence-electron chi connectivity index (χ1n) is 9.38. The lowest BCUT2D eigenvalue weighted by Gasteiger charge is -2.29. The molecule has 2 heterocycles. The third-order valence-electron chi connectivity index (χ3n) is 5.40. The van der Waals surface area contributed by atoms with Crippen molar-refractivity contribution in [3.8, 4) is 0 Å². The van der Waals surface area contributed by atoms with Crippen molar-refractivity contribution in [3.63, 3.8) is 0 Å². The highest BCUT2D eigenvalue weighted by Gasteiger charge is 2.35. The van der Waals surface area contributed by atoms with Crippen molar-refractivity contribution in [2.75, 3.05) is 13.1 Å². The van der Waals surface area contributed by atoms with Gasteiger partial charge in [-0.25, -0.2) is 13.6 Å². The summed E-state index contributed by atoms with van der Waals surface area (Å²) < 4.78 is 26.4. The van der Waals surface area contributed by atoms with E-state index in [0.717, 1.165) is 36.8 Å². The molecule has 0 N–H and O–H groups in total. The van der Waals surface area contributed by atoms with Crippen LogP contribution in [-0.2, 0) is 4.84 Å². The molecular formula is C21H22F2N2O2. The number of carbonyl (C=O) groups excluding carboxylic acids is 1. The highest BCUT2D eigenvalue weighted by Crippen LogP contribution is 2.35. The van der Waals surface area contributed by atoms with Gasteiger partial charge in [0, 0.05) is 13.1 Å². The van der Waals surface area contributed by atoms with E-state index >= 15 is 0 Å². The molecule has 2 unspecified atom stereocenters. The summed E-state index contributed by atoms with van der Waals surface area (Å²) in [5, 5.41) is 1.70. The summed E-state index contributed by atoms with van der Waals surface area (Å²) in [5.74, 6) is -0.565. The van der Waals surface area contributed by atoms with Crippen molar-refractivity contribution in [1.82, 2.24) is 9.96 Å². The lowest BCUT2D eigenvalue weighted by molar-refractivity contribution is -0.124. The monoisotopic (exact) mass is 372 g/mol. The number of halogens is 2. The van der Waals surface area contributed by atoms with Gasteiger partial charge in [0.05, 0.1) is 12.1 Å². The van der Waals surface area contributed by atoms with E-state index in [9.17, 15) is 13.6 Å². The molecule has 2 aliphatic rings. The van der Waals surface area contributed by atoms with Crippen LogP contribution < -0.4 is 0 Å². The second-order valence-electron chi connectivity index (χ2n) is 7.11. The van der Waals surface area contributed by atoms with Crippen LogP contribution in [0.4, 0.5) is 13.6 Å². The molecule has 0 aromatic heterocycles. The first-order valence-corrected chi connectivity index (χ1v) is 9.38. The van der Waals surface area contributed by atoms with Gasteiger partial charge < -0.3 is 4.84 Å². The summed E-state index contributed by atoms with van der Waals surface area (Å²) in [5.41, 5.74) is 1.86. The predicted molar refractivity (Wildman–Crippen MR) is 96.6 cm³/mol. The number of benzene rings is 2. The van der Waals surface area contributed by atoms with Gasteiger partial charge in [-0.05, 0) is 61.1 Å². The maximum Gasteiger partial charge on any atom is 0.429 e. The molecule has 4 rings (SSSR count). The summed E-state index contributed by atoms with van der Waals surface area (Å²) in [7, 11) is 0. The number of amides is 1. The summed E-state index contributed by atoms with van der Waals surface area (Å²) in [4.78, 5) is 20.2. The van der Waals surface area contributed by atoms with Gasteiger partial charge in [-0.2, -0.15) is 0 Å². The van der Waals surface area contributed by atoms with Crippen molar-refractivity contribution in [1.29, 1.82) is 0 Å². The number of hydroxylamine groups is 2. The normalized spacial score (nSPS) is 23.0. The molecule has 2 saturated heterocycles. The Labute approximate surface area is 157 Å². The minimum absolute atomic E-state index is 0.0542. The van der Waals surface area contributed by atoms with Gasteiger partial charge in [0.15, 0.2) is 0 Å². The first kappa shape index (κ1) is 17.9. The van der Waals surface area contributed by atoms with E-state index in [1.165, 1.54) is 24.3 Å². The fourth-order valence-corrected chi connectivity index (χ4v) is 4.04. The van der Waals surface area contributed by atoms with Crippen LogP contribution >= 0.6 is 0 Å². The number of likely N-dealkylation sites (tertiary alicyclic amines) is 1. The fraction of sp³-hybridized carbons (Fsp3) is 0.381. The Morgan fingerprint density at radius 1 is 0.815 bits per heavy atom. The third kappa shape index (κ3) is 3.81. The quantitative estimate of drug-likeness (QED) is 0.761. The van der Waals surface area contributed by atoms with Crippen LogP contribution in [0.25, 0.3) is 0 Å². The van der Waals surface area contributed by atoms with Crippen molar-refractivity contribution >= 4 is 6.09 Å². The largest absolute Gasteiger partial charge is 0.429 e. The molecule has 0 saturated carbocycles. The van der Waals surface area contributed by atoms with Gasteiger partial charge >= 0.3 is 6.09 Å². The maximum absolute atomic E-state index is 13.2. The van der Waals surface area contributed by atoms with E-state index < -0.39 is 0 Å². The van der Waals surface area contributed by atoms with Crippen molar-refractivity contribution in [2.24, 2.45) is 0 Å². The molecule has 0 spiro atoms. The minimum Gasteiger partial charge on any atom is -0.350 e.